The Morgan fingerprint density at radius 1 is 0.714 bits per heavy atom. The number of hydrogen-bond donors (Lipinski definition) is 1. The van der Waals surface area contributed by atoms with Crippen LogP contribution in [0.4, 0.5) is 39.5 Å². The van der Waals surface area contributed by atoms with E-state index in [1.54, 1.807) is 6.92 Å². The summed E-state index contributed by atoms with van der Waals surface area (Å²) >= 11 is 0. The molecular formula is C24H17F9N2O5S2. The number of nitrogens with zero attached hydrogens (tertiary/aromatic N) is 1. The molecular weight excluding hydrogens is 631 g/mol. The Labute approximate surface area is 232 Å². The third-order valence-corrected chi connectivity index (χ3v) is 7.94. The van der Waals surface area contributed by atoms with Gasteiger partial charge in [0, 0.05) is 11.1 Å². The first-order valence-corrected chi connectivity index (χ1v) is 14.0. The smallest absolute Gasteiger partial charge is 0.377 e. The molecule has 0 aliphatic carbocycles. The van der Waals surface area contributed by atoms with Gasteiger partial charge in [0.05, 0.1) is 4.90 Å². The van der Waals surface area contributed by atoms with Gasteiger partial charge in [-0.2, -0.15) is 66.3 Å². The molecule has 228 valence electrons. The van der Waals surface area contributed by atoms with Crippen LogP contribution >= 0.6 is 0 Å². The Morgan fingerprint density at radius 2 is 1.24 bits per heavy atom. The average molecular weight is 649 g/mol. The van der Waals surface area contributed by atoms with Crippen LogP contribution in [0.1, 0.15) is 16.7 Å². The van der Waals surface area contributed by atoms with Gasteiger partial charge in [-0.1, -0.05) is 60.2 Å². The van der Waals surface area contributed by atoms with E-state index in [1.807, 2.05) is 4.83 Å². The number of alkyl halides is 9. The number of hydrogen-bond acceptors (Lipinski definition) is 6. The van der Waals surface area contributed by atoms with Crippen molar-refractivity contribution in [1.82, 2.24) is 4.83 Å². The number of halogens is 9. The van der Waals surface area contributed by atoms with Crippen LogP contribution in [0, 0.1) is 6.92 Å². The molecule has 1 N–H and O–H groups in total. The highest BCUT2D eigenvalue weighted by Gasteiger charge is 2.86. The molecule has 0 saturated carbocycles. The Bertz CT molecular complexity index is 1680. The van der Waals surface area contributed by atoms with Crippen molar-refractivity contribution >= 4 is 25.9 Å². The fourth-order valence-corrected chi connectivity index (χ4v) is 4.92. The maximum Gasteiger partial charge on any atom is 0.460 e. The van der Waals surface area contributed by atoms with Gasteiger partial charge in [0.1, 0.15) is 5.71 Å². The van der Waals surface area contributed by atoms with E-state index in [0.29, 0.717) is 11.6 Å². The molecule has 0 aliphatic heterocycles. The van der Waals surface area contributed by atoms with E-state index >= 15 is 0 Å². The molecule has 42 heavy (non-hydrogen) atoms. The van der Waals surface area contributed by atoms with Crippen molar-refractivity contribution in [3.8, 4) is 5.75 Å². The molecule has 0 atom stereocenters. The van der Waals surface area contributed by atoms with Gasteiger partial charge in [0.15, 0.2) is 5.75 Å². The highest BCUT2D eigenvalue weighted by atomic mass is 32.2. The van der Waals surface area contributed by atoms with Gasteiger partial charge in [0.2, 0.25) is 0 Å². The Hall–Kier alpha value is -3.80. The van der Waals surface area contributed by atoms with E-state index in [0.717, 1.165) is 18.2 Å². The zero-order chi connectivity index (χ0) is 31.8. The van der Waals surface area contributed by atoms with Crippen LogP contribution in [0.25, 0.3) is 0 Å². The monoisotopic (exact) mass is 648 g/mol. The topological polar surface area (TPSA) is 102 Å². The van der Waals surface area contributed by atoms with Crippen molar-refractivity contribution in [3.63, 3.8) is 0 Å². The van der Waals surface area contributed by atoms with Gasteiger partial charge in [-0.25, -0.2) is 0 Å². The summed E-state index contributed by atoms with van der Waals surface area (Å²) in [5.41, 5.74) is -0.545. The minimum Gasteiger partial charge on any atom is -0.377 e. The van der Waals surface area contributed by atoms with Gasteiger partial charge in [-0.05, 0) is 31.2 Å². The SMILES string of the molecule is Cc1ccc(S(=O)(=O)N/N=C(\c2ccccc2)c2ccccc2OS(=O)(=O)C(F)(F)C(F)(F)C(F)(F)C(F)(F)F)cc1. The van der Waals surface area contributed by atoms with E-state index in [1.165, 1.54) is 54.6 Å². The lowest BCUT2D eigenvalue weighted by atomic mass is 10.0. The molecule has 0 heterocycles. The van der Waals surface area contributed by atoms with Crippen molar-refractivity contribution in [3.05, 3.63) is 95.6 Å². The highest BCUT2D eigenvalue weighted by molar-refractivity contribution is 7.89. The van der Waals surface area contributed by atoms with Gasteiger partial charge >= 0.3 is 33.4 Å². The summed E-state index contributed by atoms with van der Waals surface area (Å²) in [5.74, 6) is -16.3. The summed E-state index contributed by atoms with van der Waals surface area (Å²) in [6, 6.07) is 15.6. The van der Waals surface area contributed by atoms with E-state index < -0.39 is 60.4 Å². The van der Waals surface area contributed by atoms with Crippen LogP contribution in [0.2, 0.25) is 0 Å². The van der Waals surface area contributed by atoms with Gasteiger partial charge in [0.25, 0.3) is 10.0 Å². The van der Waals surface area contributed by atoms with Crippen molar-refractivity contribution < 1.29 is 60.5 Å². The van der Waals surface area contributed by atoms with Crippen LogP contribution in [-0.4, -0.2) is 45.8 Å². The first kappa shape index (κ1) is 32.7. The second-order valence-corrected chi connectivity index (χ2v) is 11.7. The standard InChI is InChI=1S/C24H17F9N2O5S2/c1-15-11-13-17(14-12-15)41(36,37)35-34-20(16-7-3-2-4-8-16)18-9-5-6-10-19(18)40-42(38,39)24(32,33)22(27,28)21(25,26)23(29,30)31/h2-14,35H,1H3/b34-20+. The Morgan fingerprint density at radius 3 is 1.79 bits per heavy atom. The molecule has 3 aromatic carbocycles. The van der Waals surface area contributed by atoms with Crippen LogP contribution in [-0.2, 0) is 20.1 Å². The minimum absolute atomic E-state index is 0.0294. The molecule has 7 nitrogen and oxygen atoms in total. The maximum atomic E-state index is 14.3. The molecule has 18 heteroatoms. The lowest BCUT2D eigenvalue weighted by molar-refractivity contribution is -0.382. The average Bonchev–Trinajstić information content (AvgIpc) is 2.89. The number of para-hydroxylation sites is 1. The third-order valence-electron chi connectivity index (χ3n) is 5.43. The number of aryl methyl sites for hydroxylation is 1. The number of sulfonamides is 1. The zero-order valence-corrected chi connectivity index (χ0v) is 22.3. The fourth-order valence-electron chi connectivity index (χ4n) is 3.18. The molecule has 0 radical (unpaired) electrons. The lowest BCUT2D eigenvalue weighted by Crippen LogP contribution is -2.63. The van der Waals surface area contributed by atoms with Crippen molar-refractivity contribution in [1.29, 1.82) is 0 Å². The van der Waals surface area contributed by atoms with E-state index in [9.17, 15) is 56.3 Å². The number of hydrazone groups is 1. The van der Waals surface area contributed by atoms with Crippen LogP contribution in [0.15, 0.2) is 88.9 Å². The second kappa shape index (κ2) is 11.1. The second-order valence-electron chi connectivity index (χ2n) is 8.43. The van der Waals surface area contributed by atoms with Gasteiger partial charge < -0.3 is 4.18 Å². The highest BCUT2D eigenvalue weighted by Crippen LogP contribution is 2.55. The lowest BCUT2D eigenvalue weighted by Gasteiger charge is -2.32. The van der Waals surface area contributed by atoms with E-state index in [4.69, 9.17) is 0 Å². The normalized spacial score (nSPS) is 14.0. The molecule has 0 bridgehead atoms. The maximum absolute atomic E-state index is 14.3. The molecule has 3 aromatic rings. The molecule has 0 unspecified atom stereocenters. The minimum atomic E-state index is -7.52. The van der Waals surface area contributed by atoms with Crippen LogP contribution < -0.4 is 9.01 Å². The third kappa shape index (κ3) is 6.04. The molecule has 0 fully saturated rings. The summed E-state index contributed by atoms with van der Waals surface area (Å²) in [4.78, 5) is 1.55. The van der Waals surface area contributed by atoms with Gasteiger partial charge in [-0.3, -0.25) is 0 Å². The number of benzene rings is 3. The largest absolute Gasteiger partial charge is 0.460 e. The first-order chi connectivity index (χ1) is 19.2. The van der Waals surface area contributed by atoms with Crippen molar-refractivity contribution in [2.75, 3.05) is 0 Å². The fraction of sp³-hybridized carbons (Fsp3) is 0.208. The first-order valence-electron chi connectivity index (χ1n) is 11.1. The molecule has 0 amide bonds. The zero-order valence-electron chi connectivity index (χ0n) is 20.7. The summed E-state index contributed by atoms with van der Waals surface area (Å²) < 4.78 is 174. The quantitative estimate of drug-likeness (QED) is 0.129. The Kier molecular flexibility index (Phi) is 8.66. The summed E-state index contributed by atoms with van der Waals surface area (Å²) in [7, 11) is -11.7. The van der Waals surface area contributed by atoms with Gasteiger partial charge in [-0.15, -0.1) is 0 Å². The van der Waals surface area contributed by atoms with Crippen molar-refractivity contribution in [2.24, 2.45) is 5.10 Å². The molecule has 0 aliphatic rings. The van der Waals surface area contributed by atoms with Crippen molar-refractivity contribution in [2.45, 2.75) is 35.1 Å². The van der Waals surface area contributed by atoms with Crippen LogP contribution in [0.5, 0.6) is 5.75 Å². The Balaban J connectivity index is 2.12. The number of rotatable bonds is 10. The van der Waals surface area contributed by atoms with Crippen LogP contribution in [0.3, 0.4) is 0 Å². The summed E-state index contributed by atoms with van der Waals surface area (Å²) in [5, 5.41) is -3.41. The number of nitrogens with one attached hydrogen (secondary N) is 1. The summed E-state index contributed by atoms with van der Waals surface area (Å²) in [6.45, 7) is 1.67. The van der Waals surface area contributed by atoms with E-state index in [2.05, 4.69) is 9.28 Å². The summed E-state index contributed by atoms with van der Waals surface area (Å²) in [6.07, 6.45) is -7.27. The van der Waals surface area contributed by atoms with E-state index in [-0.39, 0.29) is 10.5 Å². The molecule has 0 aromatic heterocycles. The molecule has 3 rings (SSSR count). The molecule has 0 spiro atoms. The molecule has 0 saturated heterocycles. The predicted molar refractivity (Wildman–Crippen MR) is 130 cm³/mol. The predicted octanol–water partition coefficient (Wildman–Crippen LogP) is 5.86.